The van der Waals surface area contributed by atoms with Crippen molar-refractivity contribution in [3.63, 3.8) is 0 Å². The normalized spacial score (nSPS) is 15.1. The van der Waals surface area contributed by atoms with Crippen LogP contribution in [-0.4, -0.2) is 14.7 Å². The quantitative estimate of drug-likeness (QED) is 0.388. The van der Waals surface area contributed by atoms with Gasteiger partial charge in [0.15, 0.2) is 0 Å². The van der Waals surface area contributed by atoms with Gasteiger partial charge in [-0.1, -0.05) is 35.3 Å². The maximum absolute atomic E-state index is 13.7. The zero-order valence-corrected chi connectivity index (χ0v) is 19.9. The van der Waals surface area contributed by atoms with Crippen LogP contribution in [0.1, 0.15) is 29.9 Å². The summed E-state index contributed by atoms with van der Waals surface area (Å²) in [6.07, 6.45) is 0.608. The Labute approximate surface area is 198 Å². The first kappa shape index (κ1) is 21.5. The Balaban J connectivity index is 1.82. The average Bonchev–Trinajstić information content (AvgIpc) is 3.11. The molecule has 4 aromatic rings. The summed E-state index contributed by atoms with van der Waals surface area (Å²) in [5.41, 5.74) is 1.30. The van der Waals surface area contributed by atoms with Crippen molar-refractivity contribution < 1.29 is 4.74 Å². The van der Waals surface area contributed by atoms with E-state index in [0.717, 1.165) is 16.0 Å². The molecule has 5 rings (SSSR count). The van der Waals surface area contributed by atoms with Crippen LogP contribution in [0.5, 0.6) is 0 Å². The Bertz CT molecular complexity index is 1450. The number of hydrogen-bond acceptors (Lipinski definition) is 4. The molecule has 0 N–H and O–H groups in total. The third kappa shape index (κ3) is 3.71. The lowest BCUT2D eigenvalue weighted by Crippen LogP contribution is -2.39. The maximum atomic E-state index is 13.7. The number of rotatable bonds is 3. The van der Waals surface area contributed by atoms with Gasteiger partial charge in [-0.05, 0) is 61.4 Å². The Kier molecular flexibility index (Phi) is 5.29. The summed E-state index contributed by atoms with van der Waals surface area (Å²) in [7, 11) is 0. The fourth-order valence-corrected chi connectivity index (χ4v) is 5.55. The van der Waals surface area contributed by atoms with E-state index in [-0.39, 0.29) is 11.2 Å². The molecule has 2 aromatic carbocycles. The molecule has 0 radical (unpaired) electrons. The predicted octanol–water partition coefficient (Wildman–Crippen LogP) is 5.42. The highest BCUT2D eigenvalue weighted by atomic mass is 35.5. The second-order valence-electron chi connectivity index (χ2n) is 8.52. The molecule has 0 atom stereocenters. The molecule has 0 aliphatic carbocycles. The lowest BCUT2D eigenvalue weighted by molar-refractivity contribution is -0.0379. The Hall–Kier alpha value is -2.38. The molecule has 3 heterocycles. The molecule has 2 aromatic heterocycles. The largest absolute Gasteiger partial charge is 0.370 e. The molecule has 1 aliphatic heterocycles. The van der Waals surface area contributed by atoms with Crippen molar-refractivity contribution in [2.24, 2.45) is 0 Å². The molecule has 0 fully saturated rings. The van der Waals surface area contributed by atoms with Crippen LogP contribution in [0.4, 0.5) is 0 Å². The van der Waals surface area contributed by atoms with Gasteiger partial charge in [-0.15, -0.1) is 11.3 Å². The summed E-state index contributed by atoms with van der Waals surface area (Å²) in [6, 6.07) is 14.1. The first-order chi connectivity index (χ1) is 15.2. The minimum Gasteiger partial charge on any atom is -0.370 e. The number of thiophene rings is 1. The lowest BCUT2D eigenvalue weighted by Gasteiger charge is -2.29. The van der Waals surface area contributed by atoms with E-state index in [2.05, 4.69) is 0 Å². The molecule has 0 spiro atoms. The molecule has 0 unspecified atom stereocenters. The molecule has 0 saturated carbocycles. The average molecular weight is 487 g/mol. The van der Waals surface area contributed by atoms with Gasteiger partial charge in [0, 0.05) is 21.3 Å². The van der Waals surface area contributed by atoms with Gasteiger partial charge >= 0.3 is 5.69 Å². The van der Waals surface area contributed by atoms with Crippen LogP contribution in [0.3, 0.4) is 0 Å². The van der Waals surface area contributed by atoms with Crippen molar-refractivity contribution >= 4 is 44.8 Å². The zero-order chi connectivity index (χ0) is 22.6. The monoisotopic (exact) mass is 486 g/mol. The second-order valence-corrected chi connectivity index (χ2v) is 10.5. The van der Waals surface area contributed by atoms with Crippen molar-refractivity contribution in [3.05, 3.63) is 95.4 Å². The SMILES string of the molecule is CC1(C)Cc2c(sc3c2c(=O)n(-c2ccc(Cl)cc2)c(=O)n3Cc2ccc(Cl)cc2)CO1. The summed E-state index contributed by atoms with van der Waals surface area (Å²) in [5, 5.41) is 1.75. The van der Waals surface area contributed by atoms with Crippen LogP contribution in [0.15, 0.2) is 58.1 Å². The molecule has 32 heavy (non-hydrogen) atoms. The van der Waals surface area contributed by atoms with Crippen LogP contribution in [0.2, 0.25) is 10.0 Å². The number of fused-ring (bicyclic) bond motifs is 3. The topological polar surface area (TPSA) is 53.2 Å². The molecule has 5 nitrogen and oxygen atoms in total. The van der Waals surface area contributed by atoms with E-state index in [1.54, 1.807) is 41.0 Å². The van der Waals surface area contributed by atoms with E-state index >= 15 is 0 Å². The third-order valence-corrected chi connectivity index (χ3v) is 7.42. The standard InChI is InChI=1S/C24H20Cl2N2O3S/c1-24(2)11-18-19(13-31-24)32-22-20(18)21(29)28(17-9-7-16(26)8-10-17)23(30)27(22)12-14-3-5-15(25)6-4-14/h3-10H,11-13H2,1-2H3. The van der Waals surface area contributed by atoms with E-state index in [1.165, 1.54) is 15.9 Å². The zero-order valence-electron chi connectivity index (χ0n) is 17.5. The Morgan fingerprint density at radius 2 is 1.62 bits per heavy atom. The van der Waals surface area contributed by atoms with Crippen molar-refractivity contribution in [1.82, 2.24) is 9.13 Å². The summed E-state index contributed by atoms with van der Waals surface area (Å²) in [6.45, 7) is 4.78. The molecular weight excluding hydrogens is 467 g/mol. The smallest absolute Gasteiger partial charge is 0.337 e. The number of aromatic nitrogens is 2. The first-order valence-electron chi connectivity index (χ1n) is 10.2. The highest BCUT2D eigenvalue weighted by Gasteiger charge is 2.32. The third-order valence-electron chi connectivity index (χ3n) is 5.69. The van der Waals surface area contributed by atoms with E-state index < -0.39 is 5.69 Å². The van der Waals surface area contributed by atoms with Gasteiger partial charge < -0.3 is 4.74 Å². The van der Waals surface area contributed by atoms with Gasteiger partial charge in [-0.3, -0.25) is 9.36 Å². The summed E-state index contributed by atoms with van der Waals surface area (Å²) >= 11 is 13.5. The molecular formula is C24H20Cl2N2O3S. The number of hydrogen-bond donors (Lipinski definition) is 0. The van der Waals surface area contributed by atoms with E-state index in [0.29, 0.717) is 45.5 Å². The fourth-order valence-electron chi connectivity index (χ4n) is 4.09. The summed E-state index contributed by atoms with van der Waals surface area (Å²) < 4.78 is 8.89. The van der Waals surface area contributed by atoms with Gasteiger partial charge in [0.05, 0.1) is 29.8 Å². The number of ether oxygens (including phenoxy) is 1. The van der Waals surface area contributed by atoms with Crippen LogP contribution < -0.4 is 11.2 Å². The van der Waals surface area contributed by atoms with Crippen molar-refractivity contribution in [2.75, 3.05) is 0 Å². The lowest BCUT2D eigenvalue weighted by atomic mass is 9.94. The molecule has 0 amide bonds. The van der Waals surface area contributed by atoms with Crippen molar-refractivity contribution in [2.45, 2.75) is 39.0 Å². The van der Waals surface area contributed by atoms with Crippen molar-refractivity contribution in [1.29, 1.82) is 0 Å². The minimum atomic E-state index is -0.390. The molecule has 164 valence electrons. The van der Waals surface area contributed by atoms with E-state index in [4.69, 9.17) is 27.9 Å². The maximum Gasteiger partial charge on any atom is 0.337 e. The highest BCUT2D eigenvalue weighted by molar-refractivity contribution is 7.18. The van der Waals surface area contributed by atoms with Gasteiger partial charge in [0.1, 0.15) is 4.83 Å². The van der Waals surface area contributed by atoms with Gasteiger partial charge in [-0.2, -0.15) is 0 Å². The molecule has 0 saturated heterocycles. The minimum absolute atomic E-state index is 0.310. The van der Waals surface area contributed by atoms with Gasteiger partial charge in [0.2, 0.25) is 0 Å². The molecule has 0 bridgehead atoms. The van der Waals surface area contributed by atoms with Crippen LogP contribution >= 0.6 is 34.5 Å². The van der Waals surface area contributed by atoms with E-state index in [9.17, 15) is 9.59 Å². The molecule has 1 aliphatic rings. The summed E-state index contributed by atoms with van der Waals surface area (Å²) in [5.74, 6) is 0. The van der Waals surface area contributed by atoms with Crippen molar-refractivity contribution in [3.8, 4) is 5.69 Å². The van der Waals surface area contributed by atoms with Crippen LogP contribution in [-0.2, 0) is 24.3 Å². The molecule has 8 heteroatoms. The van der Waals surface area contributed by atoms with Gasteiger partial charge in [-0.25, -0.2) is 9.36 Å². The summed E-state index contributed by atoms with van der Waals surface area (Å²) in [4.78, 5) is 29.0. The van der Waals surface area contributed by atoms with Crippen LogP contribution in [0, 0.1) is 0 Å². The Morgan fingerprint density at radius 1 is 1.00 bits per heavy atom. The van der Waals surface area contributed by atoms with Crippen LogP contribution in [0.25, 0.3) is 15.9 Å². The number of nitrogens with zero attached hydrogens (tertiary/aromatic N) is 2. The van der Waals surface area contributed by atoms with E-state index in [1.807, 2.05) is 26.0 Å². The highest BCUT2D eigenvalue weighted by Crippen LogP contribution is 2.37. The number of benzene rings is 2. The first-order valence-corrected chi connectivity index (χ1v) is 11.8. The second kappa shape index (κ2) is 7.89. The fraction of sp³-hybridized carbons (Fsp3) is 0.250. The number of halogens is 2. The Morgan fingerprint density at radius 3 is 2.28 bits per heavy atom. The predicted molar refractivity (Wildman–Crippen MR) is 130 cm³/mol. The van der Waals surface area contributed by atoms with Gasteiger partial charge in [0.25, 0.3) is 5.56 Å².